The van der Waals surface area contributed by atoms with Crippen LogP contribution in [0.2, 0.25) is 0 Å². The summed E-state index contributed by atoms with van der Waals surface area (Å²) in [5, 5.41) is 8.69. The molecular weight excluding hydrogens is 192 g/mol. The molecule has 4 heteroatoms. The first-order valence-corrected chi connectivity index (χ1v) is 4.42. The van der Waals surface area contributed by atoms with Gasteiger partial charge in [-0.1, -0.05) is 0 Å². The van der Waals surface area contributed by atoms with E-state index in [-0.39, 0.29) is 11.1 Å². The maximum atomic E-state index is 11.6. The second-order valence-electron chi connectivity index (χ2n) is 3.10. The third-order valence-corrected chi connectivity index (χ3v) is 2.07. The van der Waals surface area contributed by atoms with E-state index in [4.69, 9.17) is 9.68 Å². The van der Waals surface area contributed by atoms with Gasteiger partial charge in [0.15, 0.2) is 0 Å². The predicted octanol–water partition coefficient (Wildman–Crippen LogP) is 1.36. The average Bonchev–Trinajstić information content (AvgIpc) is 2.74. The highest BCUT2D eigenvalue weighted by Gasteiger charge is 2.02. The Kier molecular flexibility index (Phi) is 2.38. The molecule has 0 amide bonds. The summed E-state index contributed by atoms with van der Waals surface area (Å²) >= 11 is 0. The first kappa shape index (κ1) is 9.28. The number of nitrogens with zero attached hydrogens (tertiary/aromatic N) is 2. The van der Waals surface area contributed by atoms with Crippen LogP contribution in [-0.2, 0) is 6.54 Å². The van der Waals surface area contributed by atoms with Crippen LogP contribution in [0, 0.1) is 11.3 Å². The molecule has 0 fully saturated rings. The number of rotatable bonds is 2. The van der Waals surface area contributed by atoms with Crippen molar-refractivity contribution in [1.29, 1.82) is 5.26 Å². The Hall–Kier alpha value is -2.28. The standard InChI is InChI=1S/C11H8N2O2/c12-6-10-2-1-4-13(11(10)14)7-9-3-5-15-8-9/h1-5,8H,7H2. The second kappa shape index (κ2) is 3.84. The Morgan fingerprint density at radius 2 is 2.33 bits per heavy atom. The zero-order valence-corrected chi connectivity index (χ0v) is 7.88. The van der Waals surface area contributed by atoms with Crippen molar-refractivity contribution in [2.75, 3.05) is 0 Å². The summed E-state index contributed by atoms with van der Waals surface area (Å²) < 4.78 is 6.38. The van der Waals surface area contributed by atoms with Gasteiger partial charge in [0, 0.05) is 11.8 Å². The normalized spacial score (nSPS) is 9.80. The number of aromatic nitrogens is 1. The minimum absolute atomic E-state index is 0.154. The molecule has 0 atom stereocenters. The minimum atomic E-state index is -0.277. The van der Waals surface area contributed by atoms with Crippen molar-refractivity contribution < 1.29 is 4.42 Å². The van der Waals surface area contributed by atoms with Crippen molar-refractivity contribution in [3.63, 3.8) is 0 Å². The first-order chi connectivity index (χ1) is 7.31. The third kappa shape index (κ3) is 1.81. The molecule has 0 bridgehead atoms. The van der Waals surface area contributed by atoms with E-state index < -0.39 is 0 Å². The molecule has 2 aromatic heterocycles. The highest BCUT2D eigenvalue weighted by molar-refractivity contribution is 5.25. The van der Waals surface area contributed by atoms with E-state index in [0.717, 1.165) is 5.56 Å². The monoisotopic (exact) mass is 200 g/mol. The first-order valence-electron chi connectivity index (χ1n) is 4.42. The molecule has 4 nitrogen and oxygen atoms in total. The van der Waals surface area contributed by atoms with Gasteiger partial charge in [-0.15, -0.1) is 0 Å². The fraction of sp³-hybridized carbons (Fsp3) is 0.0909. The van der Waals surface area contributed by atoms with Crippen LogP contribution in [0.15, 0.2) is 46.1 Å². The van der Waals surface area contributed by atoms with Gasteiger partial charge in [0.05, 0.1) is 19.1 Å². The van der Waals surface area contributed by atoms with Crippen LogP contribution >= 0.6 is 0 Å². The smallest absolute Gasteiger partial charge is 0.268 e. The average molecular weight is 200 g/mol. The molecule has 0 radical (unpaired) electrons. The molecule has 2 rings (SSSR count). The highest BCUT2D eigenvalue weighted by atomic mass is 16.3. The number of hydrogen-bond donors (Lipinski definition) is 0. The van der Waals surface area contributed by atoms with E-state index in [2.05, 4.69) is 0 Å². The van der Waals surface area contributed by atoms with Crippen molar-refractivity contribution in [1.82, 2.24) is 4.57 Å². The van der Waals surface area contributed by atoms with Gasteiger partial charge in [-0.3, -0.25) is 4.79 Å². The number of furan rings is 1. The lowest BCUT2D eigenvalue weighted by atomic mass is 10.3. The second-order valence-corrected chi connectivity index (χ2v) is 3.10. The maximum absolute atomic E-state index is 11.6. The van der Waals surface area contributed by atoms with Gasteiger partial charge in [-0.05, 0) is 18.2 Å². The molecule has 15 heavy (non-hydrogen) atoms. The third-order valence-electron chi connectivity index (χ3n) is 2.07. The molecule has 2 heterocycles. The molecule has 2 aromatic rings. The van der Waals surface area contributed by atoms with E-state index in [1.807, 2.05) is 6.07 Å². The van der Waals surface area contributed by atoms with Gasteiger partial charge in [0.2, 0.25) is 0 Å². The highest BCUT2D eigenvalue weighted by Crippen LogP contribution is 2.01. The topological polar surface area (TPSA) is 58.9 Å². The number of pyridine rings is 1. The van der Waals surface area contributed by atoms with Crippen LogP contribution in [-0.4, -0.2) is 4.57 Å². The summed E-state index contributed by atoms with van der Waals surface area (Å²) in [4.78, 5) is 11.6. The molecule has 0 saturated carbocycles. The number of nitriles is 1. The molecule has 0 unspecified atom stereocenters. The van der Waals surface area contributed by atoms with Gasteiger partial charge in [0.25, 0.3) is 5.56 Å². The quantitative estimate of drug-likeness (QED) is 0.735. The van der Waals surface area contributed by atoms with Gasteiger partial charge in [0.1, 0.15) is 11.6 Å². The van der Waals surface area contributed by atoms with Crippen molar-refractivity contribution in [2.24, 2.45) is 0 Å². The summed E-state index contributed by atoms with van der Waals surface area (Å²) in [6.07, 6.45) is 4.77. The van der Waals surface area contributed by atoms with Gasteiger partial charge in [-0.2, -0.15) is 5.26 Å². The van der Waals surface area contributed by atoms with Crippen molar-refractivity contribution in [2.45, 2.75) is 6.54 Å². The van der Waals surface area contributed by atoms with Crippen LogP contribution in [0.5, 0.6) is 0 Å². The lowest BCUT2D eigenvalue weighted by molar-refractivity contribution is 0.561. The predicted molar refractivity (Wildman–Crippen MR) is 53.2 cm³/mol. The molecule has 0 aliphatic heterocycles. The van der Waals surface area contributed by atoms with E-state index >= 15 is 0 Å². The van der Waals surface area contributed by atoms with E-state index in [0.29, 0.717) is 6.54 Å². The van der Waals surface area contributed by atoms with Gasteiger partial charge in [-0.25, -0.2) is 0 Å². The lowest BCUT2D eigenvalue weighted by Crippen LogP contribution is -2.21. The molecule has 74 valence electrons. The van der Waals surface area contributed by atoms with Crippen LogP contribution in [0.25, 0.3) is 0 Å². The van der Waals surface area contributed by atoms with Crippen molar-refractivity contribution in [3.05, 3.63) is 58.4 Å². The molecule has 0 aromatic carbocycles. The summed E-state index contributed by atoms with van der Waals surface area (Å²) in [7, 11) is 0. The van der Waals surface area contributed by atoms with Crippen molar-refractivity contribution in [3.8, 4) is 6.07 Å². The Bertz CT molecular complexity index is 547. The van der Waals surface area contributed by atoms with Crippen LogP contribution in [0.1, 0.15) is 11.1 Å². The van der Waals surface area contributed by atoms with Crippen LogP contribution in [0.3, 0.4) is 0 Å². The minimum Gasteiger partial charge on any atom is -0.472 e. The fourth-order valence-corrected chi connectivity index (χ4v) is 1.33. The Labute approximate surface area is 86.0 Å². The molecule has 0 saturated heterocycles. The largest absolute Gasteiger partial charge is 0.472 e. The molecule has 0 aliphatic carbocycles. The van der Waals surface area contributed by atoms with Crippen LogP contribution in [0.4, 0.5) is 0 Å². The SMILES string of the molecule is N#Cc1cccn(Cc2ccoc2)c1=O. The zero-order valence-electron chi connectivity index (χ0n) is 7.88. The molecular formula is C11H8N2O2. The summed E-state index contributed by atoms with van der Waals surface area (Å²) in [5.41, 5.74) is 0.773. The summed E-state index contributed by atoms with van der Waals surface area (Å²) in [6.45, 7) is 0.421. The van der Waals surface area contributed by atoms with Crippen molar-refractivity contribution >= 4 is 0 Å². The van der Waals surface area contributed by atoms with Gasteiger partial charge < -0.3 is 8.98 Å². The van der Waals surface area contributed by atoms with Crippen LogP contribution < -0.4 is 5.56 Å². The Balaban J connectivity index is 2.39. The fourth-order valence-electron chi connectivity index (χ4n) is 1.33. The molecule has 0 aliphatic rings. The molecule has 0 spiro atoms. The Morgan fingerprint density at radius 3 is 3.00 bits per heavy atom. The van der Waals surface area contributed by atoms with E-state index in [1.54, 1.807) is 30.9 Å². The van der Waals surface area contributed by atoms with E-state index in [1.165, 1.54) is 10.6 Å². The number of hydrogen-bond acceptors (Lipinski definition) is 3. The Morgan fingerprint density at radius 1 is 1.47 bits per heavy atom. The summed E-state index contributed by atoms with van der Waals surface area (Å²) in [6, 6.07) is 6.83. The van der Waals surface area contributed by atoms with Gasteiger partial charge >= 0.3 is 0 Å². The summed E-state index contributed by atoms with van der Waals surface area (Å²) in [5.74, 6) is 0. The zero-order chi connectivity index (χ0) is 10.7. The van der Waals surface area contributed by atoms with E-state index in [9.17, 15) is 4.79 Å². The maximum Gasteiger partial charge on any atom is 0.268 e. The lowest BCUT2D eigenvalue weighted by Gasteiger charge is -2.02. The molecule has 0 N–H and O–H groups in total.